The van der Waals surface area contributed by atoms with Crippen LogP contribution in [0.2, 0.25) is 0 Å². The van der Waals surface area contributed by atoms with Crippen LogP contribution in [0, 0.1) is 0 Å². The van der Waals surface area contributed by atoms with Gasteiger partial charge in [-0.15, -0.1) is 0 Å². The van der Waals surface area contributed by atoms with Crippen LogP contribution in [0.25, 0.3) is 11.4 Å². The lowest BCUT2D eigenvalue weighted by Gasteiger charge is -2.09. The third-order valence-corrected chi connectivity index (χ3v) is 3.52. The van der Waals surface area contributed by atoms with Gasteiger partial charge in [-0.25, -0.2) is 9.97 Å². The Hall–Kier alpha value is -3.62. The number of pyridine rings is 1. The summed E-state index contributed by atoms with van der Waals surface area (Å²) in [6.45, 7) is 0. The predicted molar refractivity (Wildman–Crippen MR) is 91.7 cm³/mol. The van der Waals surface area contributed by atoms with Gasteiger partial charge in [0.1, 0.15) is 11.4 Å². The molecule has 0 aromatic carbocycles. The summed E-state index contributed by atoms with van der Waals surface area (Å²) >= 11 is 0. The third kappa shape index (κ3) is 3.56. The SMILES string of the molecule is COc1ccc(Cc2cnc(-c3cnccn3)c(C(N)=O)n2)nc1OC. The van der Waals surface area contributed by atoms with E-state index in [1.807, 2.05) is 0 Å². The summed E-state index contributed by atoms with van der Waals surface area (Å²) in [4.78, 5) is 32.9. The maximum Gasteiger partial charge on any atom is 0.269 e. The monoisotopic (exact) mass is 352 g/mol. The molecule has 3 heterocycles. The van der Waals surface area contributed by atoms with Gasteiger partial charge < -0.3 is 15.2 Å². The molecular formula is C17H16N6O3. The van der Waals surface area contributed by atoms with Crippen molar-refractivity contribution in [3.05, 3.63) is 54.0 Å². The van der Waals surface area contributed by atoms with Crippen LogP contribution in [0.3, 0.4) is 0 Å². The predicted octanol–water partition coefficient (Wildman–Crippen LogP) is 1.04. The van der Waals surface area contributed by atoms with E-state index in [0.29, 0.717) is 35.1 Å². The number of hydrogen-bond donors (Lipinski definition) is 1. The van der Waals surface area contributed by atoms with Gasteiger partial charge in [-0.2, -0.15) is 0 Å². The number of carbonyl (C=O) groups excluding carboxylic acids is 1. The van der Waals surface area contributed by atoms with Crippen molar-refractivity contribution in [1.29, 1.82) is 0 Å². The summed E-state index contributed by atoms with van der Waals surface area (Å²) in [5, 5.41) is 0. The number of amides is 1. The Bertz CT molecular complexity index is 933. The summed E-state index contributed by atoms with van der Waals surface area (Å²) in [5.74, 6) is 0.197. The van der Waals surface area contributed by atoms with Crippen LogP contribution < -0.4 is 15.2 Å². The molecule has 0 unspecified atom stereocenters. The van der Waals surface area contributed by atoms with Crippen LogP contribution in [0.4, 0.5) is 0 Å². The van der Waals surface area contributed by atoms with Crippen LogP contribution in [0.1, 0.15) is 21.9 Å². The molecule has 132 valence electrons. The number of rotatable bonds is 6. The number of carbonyl (C=O) groups is 1. The molecule has 0 aliphatic rings. The second-order valence-electron chi connectivity index (χ2n) is 5.20. The molecule has 0 atom stereocenters. The molecule has 0 fully saturated rings. The van der Waals surface area contributed by atoms with E-state index < -0.39 is 5.91 Å². The molecule has 0 radical (unpaired) electrons. The number of primary amides is 1. The average molecular weight is 352 g/mol. The van der Waals surface area contributed by atoms with Gasteiger partial charge in [0.25, 0.3) is 11.8 Å². The van der Waals surface area contributed by atoms with Gasteiger partial charge in [-0.05, 0) is 12.1 Å². The average Bonchev–Trinajstić information content (AvgIpc) is 2.68. The van der Waals surface area contributed by atoms with Crippen LogP contribution in [0.5, 0.6) is 11.6 Å². The van der Waals surface area contributed by atoms with Crippen molar-refractivity contribution >= 4 is 5.91 Å². The van der Waals surface area contributed by atoms with Gasteiger partial charge in [0.05, 0.1) is 31.8 Å². The first kappa shape index (κ1) is 17.2. The second-order valence-corrected chi connectivity index (χ2v) is 5.20. The van der Waals surface area contributed by atoms with E-state index in [4.69, 9.17) is 15.2 Å². The minimum Gasteiger partial charge on any atom is -0.491 e. The van der Waals surface area contributed by atoms with Crippen LogP contribution in [-0.2, 0) is 6.42 Å². The Morgan fingerprint density at radius 3 is 2.54 bits per heavy atom. The van der Waals surface area contributed by atoms with Crippen molar-refractivity contribution in [3.63, 3.8) is 0 Å². The van der Waals surface area contributed by atoms with E-state index in [9.17, 15) is 4.79 Å². The molecule has 9 nitrogen and oxygen atoms in total. The molecule has 0 bridgehead atoms. The fourth-order valence-corrected chi connectivity index (χ4v) is 2.34. The fourth-order valence-electron chi connectivity index (χ4n) is 2.34. The molecule has 3 aromatic heterocycles. The number of nitrogens with zero attached hydrogens (tertiary/aromatic N) is 5. The quantitative estimate of drug-likeness (QED) is 0.697. The zero-order valence-electron chi connectivity index (χ0n) is 14.2. The normalized spacial score (nSPS) is 10.4. The Morgan fingerprint density at radius 1 is 1.04 bits per heavy atom. The summed E-state index contributed by atoms with van der Waals surface area (Å²) in [6, 6.07) is 3.53. The zero-order valence-corrected chi connectivity index (χ0v) is 14.2. The molecule has 1 amide bonds. The highest BCUT2D eigenvalue weighted by Gasteiger charge is 2.17. The molecule has 26 heavy (non-hydrogen) atoms. The van der Waals surface area contributed by atoms with Gasteiger partial charge >= 0.3 is 0 Å². The van der Waals surface area contributed by atoms with Crippen LogP contribution >= 0.6 is 0 Å². The second kappa shape index (κ2) is 7.51. The zero-order chi connectivity index (χ0) is 18.5. The first-order valence-corrected chi connectivity index (χ1v) is 7.62. The van der Waals surface area contributed by atoms with Crippen LogP contribution in [0.15, 0.2) is 36.9 Å². The largest absolute Gasteiger partial charge is 0.491 e. The van der Waals surface area contributed by atoms with E-state index >= 15 is 0 Å². The van der Waals surface area contributed by atoms with Crippen molar-refractivity contribution in [1.82, 2.24) is 24.9 Å². The molecule has 2 N–H and O–H groups in total. The van der Waals surface area contributed by atoms with E-state index in [1.165, 1.54) is 32.8 Å². The summed E-state index contributed by atoms with van der Waals surface area (Å²) in [5.41, 5.74) is 7.41. The van der Waals surface area contributed by atoms with Crippen LogP contribution in [-0.4, -0.2) is 45.0 Å². The highest BCUT2D eigenvalue weighted by atomic mass is 16.5. The van der Waals surface area contributed by atoms with Crippen molar-refractivity contribution in [2.75, 3.05) is 14.2 Å². The molecule has 0 aliphatic carbocycles. The lowest BCUT2D eigenvalue weighted by Crippen LogP contribution is -2.17. The summed E-state index contributed by atoms with van der Waals surface area (Å²) in [7, 11) is 3.05. The smallest absolute Gasteiger partial charge is 0.269 e. The van der Waals surface area contributed by atoms with Gasteiger partial charge in [0.2, 0.25) is 0 Å². The minimum absolute atomic E-state index is 0.0310. The first-order valence-electron chi connectivity index (χ1n) is 7.62. The summed E-state index contributed by atoms with van der Waals surface area (Å²) in [6.07, 6.45) is 6.41. The lowest BCUT2D eigenvalue weighted by molar-refractivity contribution is 0.0995. The molecule has 0 spiro atoms. The number of ether oxygens (including phenoxy) is 2. The van der Waals surface area contributed by atoms with Gasteiger partial charge in [-0.1, -0.05) is 0 Å². The molecule has 3 aromatic rings. The lowest BCUT2D eigenvalue weighted by atomic mass is 10.2. The Morgan fingerprint density at radius 2 is 1.88 bits per heavy atom. The fraction of sp³-hybridized carbons (Fsp3) is 0.176. The van der Waals surface area contributed by atoms with Crippen molar-refractivity contribution in [3.8, 4) is 23.0 Å². The third-order valence-electron chi connectivity index (χ3n) is 3.52. The van der Waals surface area contributed by atoms with E-state index in [2.05, 4.69) is 24.9 Å². The van der Waals surface area contributed by atoms with Gasteiger partial charge in [-0.3, -0.25) is 19.7 Å². The Labute approximate surface area is 149 Å². The number of hydrogen-bond acceptors (Lipinski definition) is 8. The first-order chi connectivity index (χ1) is 12.6. The van der Waals surface area contributed by atoms with E-state index in [1.54, 1.807) is 18.3 Å². The van der Waals surface area contributed by atoms with E-state index in [-0.39, 0.29) is 11.4 Å². The number of methoxy groups -OCH3 is 2. The van der Waals surface area contributed by atoms with Crippen molar-refractivity contribution in [2.24, 2.45) is 5.73 Å². The Balaban J connectivity index is 1.95. The van der Waals surface area contributed by atoms with Gasteiger partial charge in [0, 0.05) is 25.0 Å². The topological polar surface area (TPSA) is 126 Å². The molecule has 0 saturated heterocycles. The Kier molecular flexibility index (Phi) is 4.97. The maximum absolute atomic E-state index is 11.8. The molecule has 0 saturated carbocycles. The maximum atomic E-state index is 11.8. The number of nitrogens with two attached hydrogens (primary N) is 1. The highest BCUT2D eigenvalue weighted by molar-refractivity contribution is 5.96. The molecular weight excluding hydrogens is 336 g/mol. The molecule has 3 rings (SSSR count). The molecule has 0 aliphatic heterocycles. The van der Waals surface area contributed by atoms with Gasteiger partial charge in [0.15, 0.2) is 11.4 Å². The summed E-state index contributed by atoms with van der Waals surface area (Å²) < 4.78 is 10.4. The van der Waals surface area contributed by atoms with Crippen molar-refractivity contribution < 1.29 is 14.3 Å². The molecule has 9 heteroatoms. The number of aromatic nitrogens is 5. The van der Waals surface area contributed by atoms with Crippen molar-refractivity contribution in [2.45, 2.75) is 6.42 Å². The standard InChI is InChI=1S/C17H16N6O3/c1-25-13-4-3-10(23-17(13)26-2)7-11-8-21-14(15(22-11)16(18)24)12-9-19-5-6-20-12/h3-6,8-9H,7H2,1-2H3,(H2,18,24). The minimum atomic E-state index is -0.694. The highest BCUT2D eigenvalue weighted by Crippen LogP contribution is 2.25. The van der Waals surface area contributed by atoms with E-state index in [0.717, 1.165) is 0 Å².